The Hall–Kier alpha value is -2.07. The van der Waals surface area contributed by atoms with Crippen molar-refractivity contribution in [1.29, 1.82) is 0 Å². The number of hydrogen-bond acceptors (Lipinski definition) is 6. The fourth-order valence-corrected chi connectivity index (χ4v) is 4.55. The lowest BCUT2D eigenvalue weighted by Crippen LogP contribution is -2.35. The summed E-state index contributed by atoms with van der Waals surface area (Å²) >= 11 is 17.2. The van der Waals surface area contributed by atoms with Crippen LogP contribution >= 0.6 is 34.8 Å². The molecule has 144 valence electrons. The van der Waals surface area contributed by atoms with Gasteiger partial charge in [-0.15, -0.1) is 0 Å². The largest absolute Gasteiger partial charge is 0.495 e. The molecule has 0 aliphatic rings. The smallest absolute Gasteiger partial charge is 0.271 e. The molecule has 0 radical (unpaired) electrons. The Morgan fingerprint density at radius 1 is 1.22 bits per heavy atom. The molecular formula is C15H11Cl3N2O6S. The molecule has 0 bridgehead atoms. The third kappa shape index (κ3) is 4.62. The first kappa shape index (κ1) is 21.2. The van der Waals surface area contributed by atoms with Gasteiger partial charge in [0.05, 0.1) is 17.1 Å². The highest BCUT2D eigenvalue weighted by molar-refractivity contribution is 7.93. The molecule has 0 aliphatic heterocycles. The van der Waals surface area contributed by atoms with Crippen molar-refractivity contribution in [1.82, 2.24) is 0 Å². The van der Waals surface area contributed by atoms with Gasteiger partial charge < -0.3 is 4.74 Å². The molecule has 0 aromatic heterocycles. The quantitative estimate of drug-likeness (QED) is 0.358. The van der Waals surface area contributed by atoms with Gasteiger partial charge in [0, 0.05) is 17.2 Å². The molecule has 0 heterocycles. The SMILES string of the molecule is COc1ccc([N+](=O)[O-])cc1N(CC(=O)Cl)S(=O)(=O)c1cc(Cl)ccc1Cl. The van der Waals surface area contributed by atoms with Crippen molar-refractivity contribution in [3.05, 3.63) is 56.6 Å². The number of nitro benzene ring substituents is 1. The summed E-state index contributed by atoms with van der Waals surface area (Å²) in [6, 6.07) is 7.02. The van der Waals surface area contributed by atoms with E-state index in [1.54, 1.807) is 0 Å². The fourth-order valence-electron chi connectivity index (χ4n) is 2.19. The molecule has 0 aliphatic carbocycles. The number of benzene rings is 2. The maximum absolute atomic E-state index is 13.1. The van der Waals surface area contributed by atoms with E-state index in [1.807, 2.05) is 0 Å². The molecule has 0 saturated carbocycles. The van der Waals surface area contributed by atoms with Crippen molar-refractivity contribution < 1.29 is 22.9 Å². The molecule has 2 aromatic carbocycles. The third-order valence-electron chi connectivity index (χ3n) is 3.37. The van der Waals surface area contributed by atoms with Gasteiger partial charge in [0.25, 0.3) is 15.7 Å². The molecule has 27 heavy (non-hydrogen) atoms. The number of anilines is 1. The average Bonchev–Trinajstić information content (AvgIpc) is 2.60. The molecule has 0 amide bonds. The van der Waals surface area contributed by atoms with Crippen LogP contribution in [0.5, 0.6) is 5.75 Å². The third-order valence-corrected chi connectivity index (χ3v) is 5.97. The van der Waals surface area contributed by atoms with E-state index >= 15 is 0 Å². The van der Waals surface area contributed by atoms with Crippen LogP contribution in [-0.4, -0.2) is 32.2 Å². The van der Waals surface area contributed by atoms with Crippen LogP contribution in [-0.2, 0) is 14.8 Å². The maximum Gasteiger partial charge on any atom is 0.271 e. The first-order valence-corrected chi connectivity index (χ1v) is 9.64. The minimum Gasteiger partial charge on any atom is -0.495 e. The molecule has 2 aromatic rings. The van der Waals surface area contributed by atoms with E-state index in [-0.39, 0.29) is 21.5 Å². The van der Waals surface area contributed by atoms with Crippen LogP contribution < -0.4 is 9.04 Å². The van der Waals surface area contributed by atoms with Crippen LogP contribution in [0.2, 0.25) is 10.0 Å². The van der Waals surface area contributed by atoms with Gasteiger partial charge in [-0.1, -0.05) is 23.2 Å². The van der Waals surface area contributed by atoms with E-state index in [2.05, 4.69) is 0 Å². The van der Waals surface area contributed by atoms with Crippen LogP contribution in [0.15, 0.2) is 41.3 Å². The summed E-state index contributed by atoms with van der Waals surface area (Å²) < 4.78 is 31.9. The van der Waals surface area contributed by atoms with Crippen LogP contribution in [0.1, 0.15) is 0 Å². The zero-order valence-electron chi connectivity index (χ0n) is 13.6. The highest BCUT2D eigenvalue weighted by Crippen LogP contribution is 2.37. The average molecular weight is 454 g/mol. The summed E-state index contributed by atoms with van der Waals surface area (Å²) in [5.74, 6) is -0.0276. The van der Waals surface area contributed by atoms with Gasteiger partial charge in [-0.05, 0) is 35.9 Å². The highest BCUT2D eigenvalue weighted by Gasteiger charge is 2.32. The maximum atomic E-state index is 13.1. The Balaban J connectivity index is 2.76. The number of halogens is 3. The summed E-state index contributed by atoms with van der Waals surface area (Å²) in [4.78, 5) is 21.5. The van der Waals surface area contributed by atoms with Crippen LogP contribution in [0.4, 0.5) is 11.4 Å². The second-order valence-electron chi connectivity index (χ2n) is 5.05. The van der Waals surface area contributed by atoms with Crippen molar-refractivity contribution in [3.8, 4) is 5.75 Å². The van der Waals surface area contributed by atoms with Crippen LogP contribution in [0, 0.1) is 10.1 Å². The number of non-ortho nitro benzene ring substituents is 1. The molecule has 0 unspecified atom stereocenters. The van der Waals surface area contributed by atoms with Crippen molar-refractivity contribution in [2.24, 2.45) is 0 Å². The fraction of sp³-hybridized carbons (Fsp3) is 0.133. The topological polar surface area (TPSA) is 107 Å². The minimum absolute atomic E-state index is 0.0276. The van der Waals surface area contributed by atoms with Gasteiger partial charge >= 0.3 is 0 Å². The number of ether oxygens (including phenoxy) is 1. The van der Waals surface area contributed by atoms with Crippen molar-refractivity contribution in [3.63, 3.8) is 0 Å². The zero-order chi connectivity index (χ0) is 20.4. The molecule has 0 N–H and O–H groups in total. The number of hydrogen-bond donors (Lipinski definition) is 0. The number of methoxy groups -OCH3 is 1. The second kappa shape index (κ2) is 8.30. The van der Waals surface area contributed by atoms with Crippen molar-refractivity contribution >= 4 is 61.4 Å². The lowest BCUT2D eigenvalue weighted by molar-refractivity contribution is -0.384. The summed E-state index contributed by atoms with van der Waals surface area (Å²) in [6.07, 6.45) is 0. The number of carbonyl (C=O) groups excluding carboxylic acids is 1. The van der Waals surface area contributed by atoms with E-state index in [9.17, 15) is 23.3 Å². The Morgan fingerprint density at radius 2 is 1.89 bits per heavy atom. The van der Waals surface area contributed by atoms with E-state index in [0.717, 1.165) is 18.2 Å². The highest BCUT2D eigenvalue weighted by atomic mass is 35.5. The molecule has 0 atom stereocenters. The van der Waals surface area contributed by atoms with Gasteiger partial charge in [0.1, 0.15) is 22.9 Å². The first-order valence-electron chi connectivity index (χ1n) is 7.06. The van der Waals surface area contributed by atoms with E-state index in [0.29, 0.717) is 4.31 Å². The number of nitro groups is 1. The van der Waals surface area contributed by atoms with E-state index < -0.39 is 37.3 Å². The lowest BCUT2D eigenvalue weighted by atomic mass is 10.2. The molecule has 0 saturated heterocycles. The summed E-state index contributed by atoms with van der Waals surface area (Å²) in [6.45, 7) is -0.815. The van der Waals surface area contributed by atoms with Crippen LogP contribution in [0.25, 0.3) is 0 Å². The summed E-state index contributed by atoms with van der Waals surface area (Å²) in [7, 11) is -3.23. The standard InChI is InChI=1S/C15H11Cl3N2O6S/c1-26-13-5-3-10(20(22)23)7-12(13)19(8-15(18)21)27(24,25)14-6-9(16)2-4-11(14)17/h2-7H,8H2,1H3. The number of rotatable bonds is 7. The second-order valence-corrected chi connectivity index (χ2v) is 8.15. The summed E-state index contributed by atoms with van der Waals surface area (Å²) in [5, 5.41) is 9.99. The predicted molar refractivity (Wildman–Crippen MR) is 102 cm³/mol. The van der Waals surface area contributed by atoms with E-state index in [4.69, 9.17) is 39.5 Å². The van der Waals surface area contributed by atoms with Crippen molar-refractivity contribution in [2.45, 2.75) is 4.90 Å². The molecular weight excluding hydrogens is 443 g/mol. The minimum atomic E-state index is -4.47. The van der Waals surface area contributed by atoms with Crippen LogP contribution in [0.3, 0.4) is 0 Å². The molecule has 0 fully saturated rings. The number of sulfonamides is 1. The van der Waals surface area contributed by atoms with Crippen molar-refractivity contribution in [2.75, 3.05) is 18.0 Å². The Bertz CT molecular complexity index is 1010. The zero-order valence-corrected chi connectivity index (χ0v) is 16.6. The lowest BCUT2D eigenvalue weighted by Gasteiger charge is -2.25. The van der Waals surface area contributed by atoms with Gasteiger partial charge in [-0.2, -0.15) is 0 Å². The van der Waals surface area contributed by atoms with Gasteiger partial charge in [0.15, 0.2) is 0 Å². The molecule has 12 heteroatoms. The first-order chi connectivity index (χ1) is 12.6. The Morgan fingerprint density at radius 3 is 2.44 bits per heavy atom. The monoisotopic (exact) mass is 452 g/mol. The normalized spacial score (nSPS) is 11.1. The van der Waals surface area contributed by atoms with Gasteiger partial charge in [0.2, 0.25) is 5.24 Å². The Labute approximate surface area is 169 Å². The molecule has 2 rings (SSSR count). The number of carbonyl (C=O) groups is 1. The number of nitrogens with zero attached hydrogens (tertiary/aromatic N) is 2. The molecule has 8 nitrogen and oxygen atoms in total. The predicted octanol–water partition coefficient (Wildman–Crippen LogP) is 3.87. The Kier molecular flexibility index (Phi) is 6.53. The van der Waals surface area contributed by atoms with E-state index in [1.165, 1.54) is 25.3 Å². The van der Waals surface area contributed by atoms with Gasteiger partial charge in [-0.25, -0.2) is 8.42 Å². The summed E-state index contributed by atoms with van der Waals surface area (Å²) in [5.41, 5.74) is -0.665. The van der Waals surface area contributed by atoms with Gasteiger partial charge in [-0.3, -0.25) is 19.2 Å². The molecule has 0 spiro atoms.